The molecule has 21 heavy (non-hydrogen) atoms. The first-order valence-corrected chi connectivity index (χ1v) is 6.87. The van der Waals surface area contributed by atoms with Crippen molar-refractivity contribution >= 4 is 15.9 Å². The van der Waals surface area contributed by atoms with E-state index in [9.17, 15) is 17.6 Å². The Balaban J connectivity index is 2.46. The Morgan fingerprint density at radius 2 is 1.76 bits per heavy atom. The summed E-state index contributed by atoms with van der Waals surface area (Å²) in [5.74, 6) is -1.30. The van der Waals surface area contributed by atoms with Gasteiger partial charge in [0.25, 0.3) is 0 Å². The number of benzene rings is 2. The SMILES string of the molecule is Cc1ccc(C(N)c2ccc(F)c(C(F)(F)F)c2)c(Br)c1. The van der Waals surface area contributed by atoms with Gasteiger partial charge in [-0.15, -0.1) is 0 Å². The molecule has 2 rings (SSSR count). The lowest BCUT2D eigenvalue weighted by Gasteiger charge is -2.17. The maximum atomic E-state index is 13.3. The second-order valence-electron chi connectivity index (χ2n) is 4.74. The molecule has 2 aromatic rings. The molecule has 0 amide bonds. The molecule has 112 valence electrons. The first kappa shape index (κ1) is 16.0. The molecule has 6 heteroatoms. The molecular formula is C15H12BrF4N. The third kappa shape index (κ3) is 3.44. The Morgan fingerprint density at radius 3 is 2.33 bits per heavy atom. The summed E-state index contributed by atoms with van der Waals surface area (Å²) in [6, 6.07) is 7.41. The number of hydrogen-bond acceptors (Lipinski definition) is 1. The molecule has 0 aromatic heterocycles. The van der Waals surface area contributed by atoms with Gasteiger partial charge in [-0.05, 0) is 41.8 Å². The Morgan fingerprint density at radius 1 is 1.10 bits per heavy atom. The minimum Gasteiger partial charge on any atom is -0.320 e. The predicted octanol–water partition coefficient (Wildman–Crippen LogP) is 4.96. The van der Waals surface area contributed by atoms with Gasteiger partial charge in [0.15, 0.2) is 0 Å². The molecule has 0 saturated heterocycles. The minimum absolute atomic E-state index is 0.202. The summed E-state index contributed by atoms with van der Waals surface area (Å²) in [6.45, 7) is 1.89. The van der Waals surface area contributed by atoms with Gasteiger partial charge in [0, 0.05) is 4.47 Å². The van der Waals surface area contributed by atoms with Crippen molar-refractivity contribution in [1.82, 2.24) is 0 Å². The Hall–Kier alpha value is -1.40. The molecule has 0 aliphatic heterocycles. The smallest absolute Gasteiger partial charge is 0.320 e. The van der Waals surface area contributed by atoms with Gasteiger partial charge in [-0.2, -0.15) is 13.2 Å². The topological polar surface area (TPSA) is 26.0 Å². The third-order valence-corrected chi connectivity index (χ3v) is 3.83. The van der Waals surface area contributed by atoms with E-state index in [0.717, 1.165) is 17.7 Å². The lowest BCUT2D eigenvalue weighted by atomic mass is 9.97. The van der Waals surface area contributed by atoms with Crippen molar-refractivity contribution in [3.8, 4) is 0 Å². The number of aryl methyl sites for hydroxylation is 1. The number of nitrogens with two attached hydrogens (primary N) is 1. The largest absolute Gasteiger partial charge is 0.419 e. The van der Waals surface area contributed by atoms with E-state index < -0.39 is 23.6 Å². The van der Waals surface area contributed by atoms with Crippen LogP contribution in [0.4, 0.5) is 17.6 Å². The molecule has 0 bridgehead atoms. The van der Waals surface area contributed by atoms with Gasteiger partial charge in [0.1, 0.15) is 5.82 Å². The number of halogens is 5. The first-order chi connectivity index (χ1) is 9.70. The third-order valence-electron chi connectivity index (χ3n) is 3.15. The van der Waals surface area contributed by atoms with Gasteiger partial charge in [-0.25, -0.2) is 4.39 Å². The highest BCUT2D eigenvalue weighted by atomic mass is 79.9. The normalized spacial score (nSPS) is 13.3. The van der Waals surface area contributed by atoms with Crippen molar-refractivity contribution in [2.24, 2.45) is 5.73 Å². The van der Waals surface area contributed by atoms with Gasteiger partial charge in [-0.3, -0.25) is 0 Å². The van der Waals surface area contributed by atoms with Crippen LogP contribution in [0.5, 0.6) is 0 Å². The molecular weight excluding hydrogens is 350 g/mol. The molecule has 0 aliphatic carbocycles. The highest BCUT2D eigenvalue weighted by Gasteiger charge is 2.34. The van der Waals surface area contributed by atoms with Gasteiger partial charge < -0.3 is 5.73 Å². The molecule has 1 nitrogen and oxygen atoms in total. The van der Waals surface area contributed by atoms with Crippen LogP contribution in [0.15, 0.2) is 40.9 Å². The van der Waals surface area contributed by atoms with E-state index in [-0.39, 0.29) is 5.56 Å². The minimum atomic E-state index is -4.75. The second-order valence-corrected chi connectivity index (χ2v) is 5.59. The summed E-state index contributed by atoms with van der Waals surface area (Å²) in [5.41, 5.74) is 6.54. The summed E-state index contributed by atoms with van der Waals surface area (Å²) in [4.78, 5) is 0. The van der Waals surface area contributed by atoms with Crippen LogP contribution in [0.1, 0.15) is 28.3 Å². The maximum Gasteiger partial charge on any atom is 0.419 e. The van der Waals surface area contributed by atoms with Crippen LogP contribution in [0.3, 0.4) is 0 Å². The van der Waals surface area contributed by atoms with Crippen LogP contribution in [0.2, 0.25) is 0 Å². The standard InChI is InChI=1S/C15H12BrF4N/c1-8-2-4-10(12(16)6-8)14(21)9-3-5-13(17)11(7-9)15(18,19)20/h2-7,14H,21H2,1H3. The van der Waals surface area contributed by atoms with E-state index in [4.69, 9.17) is 5.73 Å². The van der Waals surface area contributed by atoms with E-state index in [0.29, 0.717) is 10.0 Å². The summed E-state index contributed by atoms with van der Waals surface area (Å²) in [6.07, 6.45) is -4.75. The Kier molecular flexibility index (Phi) is 4.39. The van der Waals surface area contributed by atoms with Crippen LogP contribution in [-0.2, 0) is 6.18 Å². The number of rotatable bonds is 2. The molecule has 1 atom stereocenters. The van der Waals surface area contributed by atoms with Gasteiger partial charge in [0.2, 0.25) is 0 Å². The fraction of sp³-hybridized carbons (Fsp3) is 0.200. The number of hydrogen-bond donors (Lipinski definition) is 1. The molecule has 0 radical (unpaired) electrons. The summed E-state index contributed by atoms with van der Waals surface area (Å²) in [5, 5.41) is 0. The molecule has 2 aromatic carbocycles. The molecule has 0 aliphatic rings. The molecule has 0 heterocycles. The first-order valence-electron chi connectivity index (χ1n) is 6.08. The van der Waals surface area contributed by atoms with Crippen LogP contribution >= 0.6 is 15.9 Å². The van der Waals surface area contributed by atoms with E-state index in [1.165, 1.54) is 6.07 Å². The van der Waals surface area contributed by atoms with Gasteiger partial charge in [-0.1, -0.05) is 34.1 Å². The van der Waals surface area contributed by atoms with Crippen molar-refractivity contribution in [3.05, 3.63) is 68.9 Å². The van der Waals surface area contributed by atoms with Crippen molar-refractivity contribution in [2.75, 3.05) is 0 Å². The van der Waals surface area contributed by atoms with E-state index >= 15 is 0 Å². The molecule has 0 spiro atoms. The van der Waals surface area contributed by atoms with Gasteiger partial charge in [0.05, 0.1) is 11.6 Å². The summed E-state index contributed by atoms with van der Waals surface area (Å²) < 4.78 is 52.2. The monoisotopic (exact) mass is 361 g/mol. The lowest BCUT2D eigenvalue weighted by Crippen LogP contribution is -2.15. The fourth-order valence-electron chi connectivity index (χ4n) is 2.02. The summed E-state index contributed by atoms with van der Waals surface area (Å²) in [7, 11) is 0. The Labute approximate surface area is 127 Å². The van der Waals surface area contributed by atoms with Crippen LogP contribution in [0, 0.1) is 12.7 Å². The van der Waals surface area contributed by atoms with Gasteiger partial charge >= 0.3 is 6.18 Å². The van der Waals surface area contributed by atoms with E-state index in [1.54, 1.807) is 6.07 Å². The van der Waals surface area contributed by atoms with Crippen molar-refractivity contribution in [2.45, 2.75) is 19.1 Å². The highest BCUT2D eigenvalue weighted by molar-refractivity contribution is 9.10. The van der Waals surface area contributed by atoms with E-state index in [2.05, 4.69) is 15.9 Å². The average molecular weight is 362 g/mol. The van der Waals surface area contributed by atoms with Crippen molar-refractivity contribution in [3.63, 3.8) is 0 Å². The second kappa shape index (κ2) is 5.77. The van der Waals surface area contributed by atoms with Crippen LogP contribution in [-0.4, -0.2) is 0 Å². The summed E-state index contributed by atoms with van der Waals surface area (Å²) >= 11 is 3.34. The lowest BCUT2D eigenvalue weighted by molar-refractivity contribution is -0.140. The average Bonchev–Trinajstić information content (AvgIpc) is 2.37. The maximum absolute atomic E-state index is 13.3. The predicted molar refractivity (Wildman–Crippen MR) is 76.3 cm³/mol. The van der Waals surface area contributed by atoms with Crippen molar-refractivity contribution < 1.29 is 17.6 Å². The highest BCUT2D eigenvalue weighted by Crippen LogP contribution is 2.34. The molecule has 0 fully saturated rings. The quantitative estimate of drug-likeness (QED) is 0.751. The van der Waals surface area contributed by atoms with Crippen LogP contribution < -0.4 is 5.73 Å². The zero-order chi connectivity index (χ0) is 15.8. The molecule has 2 N–H and O–H groups in total. The molecule has 1 unspecified atom stereocenters. The molecule has 0 saturated carbocycles. The number of alkyl halides is 3. The van der Waals surface area contributed by atoms with E-state index in [1.807, 2.05) is 19.1 Å². The van der Waals surface area contributed by atoms with Crippen LogP contribution in [0.25, 0.3) is 0 Å². The zero-order valence-electron chi connectivity index (χ0n) is 11.0. The Bertz CT molecular complexity index is 667. The fourth-order valence-corrected chi connectivity index (χ4v) is 2.76. The zero-order valence-corrected chi connectivity index (χ0v) is 12.6. The van der Waals surface area contributed by atoms with Crippen molar-refractivity contribution in [1.29, 1.82) is 0 Å².